The smallest absolute Gasteiger partial charge is 0.241 e. The average Bonchev–Trinajstić information content (AvgIpc) is 2.41. The molecule has 0 spiro atoms. The lowest BCUT2D eigenvalue weighted by molar-refractivity contribution is -0.122. The Kier molecular flexibility index (Phi) is 6.44. The maximum Gasteiger partial charge on any atom is 0.241 e. The van der Waals surface area contributed by atoms with Crippen LogP contribution < -0.4 is 14.8 Å². The molecule has 6 nitrogen and oxygen atoms in total. The summed E-state index contributed by atoms with van der Waals surface area (Å²) in [4.78, 5) is 11.6. The predicted molar refractivity (Wildman–Crippen MR) is 81.1 cm³/mol. The molecule has 8 heteroatoms. The van der Waals surface area contributed by atoms with E-state index in [-0.39, 0.29) is 9.92 Å². The number of hydrogen-bond donors (Lipinski definition) is 2. The molecule has 1 aromatic rings. The molecule has 0 radical (unpaired) electrons. The number of halogens is 1. The van der Waals surface area contributed by atoms with Gasteiger partial charge in [-0.3, -0.25) is 4.79 Å². The fourth-order valence-corrected chi connectivity index (χ4v) is 3.13. The molecule has 0 saturated heterocycles. The van der Waals surface area contributed by atoms with E-state index in [1.54, 1.807) is 13.8 Å². The molecule has 1 aromatic carbocycles. The number of sulfonamides is 1. The largest absolute Gasteiger partial charge is 0.492 e. The van der Waals surface area contributed by atoms with Crippen LogP contribution >= 0.6 is 11.6 Å². The topological polar surface area (TPSA) is 84.5 Å². The highest BCUT2D eigenvalue weighted by Gasteiger charge is 2.22. The van der Waals surface area contributed by atoms with Crippen molar-refractivity contribution in [3.05, 3.63) is 23.2 Å². The highest BCUT2D eigenvalue weighted by Crippen LogP contribution is 2.27. The molecule has 0 aliphatic carbocycles. The number of hydrogen-bond acceptors (Lipinski definition) is 4. The lowest BCUT2D eigenvalue weighted by atomic mass is 10.3. The van der Waals surface area contributed by atoms with Crippen molar-refractivity contribution in [1.82, 2.24) is 10.0 Å². The summed E-state index contributed by atoms with van der Waals surface area (Å²) < 4.78 is 31.9. The fraction of sp³-hybridized carbons (Fsp3) is 0.462. The van der Waals surface area contributed by atoms with E-state index in [1.807, 2.05) is 0 Å². The maximum atomic E-state index is 12.2. The van der Waals surface area contributed by atoms with Crippen LogP contribution in [-0.4, -0.2) is 33.5 Å². The molecule has 0 bridgehead atoms. The molecule has 0 aliphatic heterocycles. The molecule has 1 rings (SSSR count). The highest BCUT2D eigenvalue weighted by atomic mass is 35.5. The first-order valence-electron chi connectivity index (χ1n) is 6.54. The van der Waals surface area contributed by atoms with Crippen molar-refractivity contribution in [1.29, 1.82) is 0 Å². The summed E-state index contributed by atoms with van der Waals surface area (Å²) in [7, 11) is -3.83. The van der Waals surface area contributed by atoms with Crippen LogP contribution in [0, 0.1) is 0 Å². The van der Waals surface area contributed by atoms with Crippen LogP contribution in [0.25, 0.3) is 0 Å². The molecule has 0 aromatic heterocycles. The van der Waals surface area contributed by atoms with Gasteiger partial charge in [-0.05, 0) is 39.0 Å². The first kappa shape index (κ1) is 17.7. The summed E-state index contributed by atoms with van der Waals surface area (Å²) in [5.74, 6) is 0.0213. The molecular weight excluding hydrogens is 316 g/mol. The third-order valence-electron chi connectivity index (χ3n) is 2.59. The third-order valence-corrected chi connectivity index (χ3v) is 4.42. The van der Waals surface area contributed by atoms with Gasteiger partial charge in [-0.25, -0.2) is 8.42 Å². The standard InChI is InChI=1S/C13H19ClN2O4S/c1-4-15-13(17)9(3)16-21(18,19)10-6-7-12(20-5-2)11(14)8-10/h6-9,16H,4-5H2,1-3H3,(H,15,17)/t9-/m1/s1. The van der Waals surface area contributed by atoms with Crippen molar-refractivity contribution >= 4 is 27.5 Å². The Balaban J connectivity index is 2.93. The minimum absolute atomic E-state index is 0.0212. The van der Waals surface area contributed by atoms with Gasteiger partial charge in [0.05, 0.1) is 22.6 Å². The Labute approximate surface area is 129 Å². The van der Waals surface area contributed by atoms with E-state index in [2.05, 4.69) is 10.0 Å². The number of nitrogens with one attached hydrogen (secondary N) is 2. The van der Waals surface area contributed by atoms with Gasteiger partial charge in [0.1, 0.15) is 5.75 Å². The second kappa shape index (κ2) is 7.63. The zero-order valence-corrected chi connectivity index (χ0v) is 13.7. The molecule has 1 atom stereocenters. The Hall–Kier alpha value is -1.31. The summed E-state index contributed by atoms with van der Waals surface area (Å²) in [6, 6.07) is 3.28. The van der Waals surface area contributed by atoms with Gasteiger partial charge in [0, 0.05) is 6.54 Å². The molecule has 118 valence electrons. The second-order valence-electron chi connectivity index (χ2n) is 4.26. The predicted octanol–water partition coefficient (Wildman–Crippen LogP) is 1.54. The van der Waals surface area contributed by atoms with Gasteiger partial charge in [0.2, 0.25) is 15.9 Å². The molecule has 2 N–H and O–H groups in total. The molecule has 0 unspecified atom stereocenters. The van der Waals surface area contributed by atoms with Gasteiger partial charge in [-0.15, -0.1) is 0 Å². The molecule has 21 heavy (non-hydrogen) atoms. The Morgan fingerprint density at radius 2 is 2.05 bits per heavy atom. The normalized spacial score (nSPS) is 12.8. The summed E-state index contributed by atoms with van der Waals surface area (Å²) >= 11 is 5.97. The molecular formula is C13H19ClN2O4S. The van der Waals surface area contributed by atoms with Crippen molar-refractivity contribution in [2.75, 3.05) is 13.2 Å². The molecule has 0 saturated carbocycles. The lowest BCUT2D eigenvalue weighted by Gasteiger charge is -2.14. The molecule has 0 heterocycles. The number of rotatable bonds is 7. The summed E-state index contributed by atoms with van der Waals surface area (Å²) in [5.41, 5.74) is 0. The van der Waals surface area contributed by atoms with Crippen molar-refractivity contribution < 1.29 is 17.9 Å². The Bertz CT molecular complexity index is 604. The Morgan fingerprint density at radius 1 is 1.38 bits per heavy atom. The Morgan fingerprint density at radius 3 is 2.57 bits per heavy atom. The fourth-order valence-electron chi connectivity index (χ4n) is 1.60. The SMILES string of the molecule is CCNC(=O)[C@@H](C)NS(=O)(=O)c1ccc(OCC)c(Cl)c1. The van der Waals surface area contributed by atoms with Crippen molar-refractivity contribution in [3.8, 4) is 5.75 Å². The zero-order chi connectivity index (χ0) is 16.0. The quantitative estimate of drug-likeness (QED) is 0.792. The van der Waals surface area contributed by atoms with E-state index < -0.39 is 22.0 Å². The van der Waals surface area contributed by atoms with E-state index in [1.165, 1.54) is 25.1 Å². The van der Waals surface area contributed by atoms with Crippen LogP contribution in [-0.2, 0) is 14.8 Å². The summed E-state index contributed by atoms with van der Waals surface area (Å²) in [5, 5.41) is 2.74. The van der Waals surface area contributed by atoms with Gasteiger partial charge in [0.25, 0.3) is 0 Å². The molecule has 0 aliphatic rings. The summed E-state index contributed by atoms with van der Waals surface area (Å²) in [6.07, 6.45) is 0. The lowest BCUT2D eigenvalue weighted by Crippen LogP contribution is -2.44. The van der Waals surface area contributed by atoms with Gasteiger partial charge in [0.15, 0.2) is 0 Å². The third kappa shape index (κ3) is 4.87. The van der Waals surface area contributed by atoms with Crippen molar-refractivity contribution in [2.24, 2.45) is 0 Å². The van der Waals surface area contributed by atoms with E-state index in [4.69, 9.17) is 16.3 Å². The van der Waals surface area contributed by atoms with E-state index >= 15 is 0 Å². The molecule has 1 amide bonds. The first-order valence-corrected chi connectivity index (χ1v) is 8.40. The number of ether oxygens (including phenoxy) is 1. The van der Waals surface area contributed by atoms with E-state index in [9.17, 15) is 13.2 Å². The van der Waals surface area contributed by atoms with Crippen LogP contribution in [0.4, 0.5) is 0 Å². The zero-order valence-electron chi connectivity index (χ0n) is 12.1. The second-order valence-corrected chi connectivity index (χ2v) is 6.38. The molecule has 0 fully saturated rings. The number of benzene rings is 1. The minimum Gasteiger partial charge on any atom is -0.492 e. The number of carbonyl (C=O) groups excluding carboxylic acids is 1. The van der Waals surface area contributed by atoms with Crippen LogP contribution in [0.2, 0.25) is 5.02 Å². The van der Waals surface area contributed by atoms with Crippen LogP contribution in [0.3, 0.4) is 0 Å². The average molecular weight is 335 g/mol. The van der Waals surface area contributed by atoms with Gasteiger partial charge < -0.3 is 10.1 Å². The number of carbonyl (C=O) groups is 1. The van der Waals surface area contributed by atoms with E-state index in [0.29, 0.717) is 18.9 Å². The number of amides is 1. The van der Waals surface area contributed by atoms with Crippen molar-refractivity contribution in [2.45, 2.75) is 31.7 Å². The first-order chi connectivity index (χ1) is 9.81. The van der Waals surface area contributed by atoms with Crippen molar-refractivity contribution in [3.63, 3.8) is 0 Å². The van der Waals surface area contributed by atoms with Gasteiger partial charge in [-0.2, -0.15) is 4.72 Å². The summed E-state index contributed by atoms with van der Waals surface area (Å²) in [6.45, 7) is 5.89. The monoisotopic (exact) mass is 334 g/mol. The maximum absolute atomic E-state index is 12.2. The minimum atomic E-state index is -3.83. The van der Waals surface area contributed by atoms with Gasteiger partial charge in [-0.1, -0.05) is 11.6 Å². The van der Waals surface area contributed by atoms with E-state index in [0.717, 1.165) is 0 Å². The van der Waals surface area contributed by atoms with Crippen LogP contribution in [0.1, 0.15) is 20.8 Å². The van der Waals surface area contributed by atoms with Crippen LogP contribution in [0.15, 0.2) is 23.1 Å². The van der Waals surface area contributed by atoms with Crippen LogP contribution in [0.5, 0.6) is 5.75 Å². The number of likely N-dealkylation sites (N-methyl/N-ethyl adjacent to an activating group) is 1. The highest BCUT2D eigenvalue weighted by molar-refractivity contribution is 7.89. The van der Waals surface area contributed by atoms with Gasteiger partial charge >= 0.3 is 0 Å².